The number of nitrogens with one attached hydrogen (secondary N) is 1. The van der Waals surface area contributed by atoms with Crippen LogP contribution in [0.15, 0.2) is 11.3 Å². The Kier molecular flexibility index (Phi) is 2.93. The zero-order chi connectivity index (χ0) is 10.0. The third-order valence-corrected chi connectivity index (χ3v) is 2.23. The topological polar surface area (TPSA) is 67.5 Å². The maximum atomic E-state index is 9.34. The van der Waals surface area contributed by atoms with Crippen molar-refractivity contribution in [1.29, 1.82) is 5.41 Å². The van der Waals surface area contributed by atoms with E-state index >= 15 is 0 Å². The van der Waals surface area contributed by atoms with E-state index in [1.165, 1.54) is 6.92 Å². The molecule has 0 radical (unpaired) electrons. The molecule has 0 bridgehead atoms. The minimum atomic E-state index is -0.780. The number of aliphatic hydroxyl groups is 2. The first kappa shape index (κ1) is 10.1. The van der Waals surface area contributed by atoms with Crippen molar-refractivity contribution in [2.75, 3.05) is 13.1 Å². The van der Waals surface area contributed by atoms with Gasteiger partial charge >= 0.3 is 0 Å². The lowest BCUT2D eigenvalue weighted by molar-refractivity contribution is 0.221. The molecule has 3 N–H and O–H groups in total. The van der Waals surface area contributed by atoms with Crippen LogP contribution in [0.1, 0.15) is 20.3 Å². The predicted molar refractivity (Wildman–Crippen MR) is 50.9 cm³/mol. The second-order valence-corrected chi connectivity index (χ2v) is 3.36. The summed E-state index contributed by atoms with van der Waals surface area (Å²) in [6.45, 7) is 4.75. The number of nitrogens with zero attached hydrogens (tertiary/aromatic N) is 1. The van der Waals surface area contributed by atoms with E-state index in [-0.39, 0.29) is 11.6 Å². The number of aliphatic hydroxyl groups excluding tert-OH is 2. The highest BCUT2D eigenvalue weighted by molar-refractivity contribution is 5.97. The molecule has 0 saturated carbocycles. The van der Waals surface area contributed by atoms with Crippen molar-refractivity contribution in [3.8, 4) is 0 Å². The Balaban J connectivity index is 2.76. The standard InChI is InChI=1S/C9H16N2O2/c1-6(12)8(7(2)13)9(10)11-4-3-5-11/h6,10,12-13H,3-5H2,1-2H3/b8-7+,10-9?/t6-/m1/s1. The van der Waals surface area contributed by atoms with Crippen LogP contribution < -0.4 is 0 Å². The smallest absolute Gasteiger partial charge is 0.129 e. The summed E-state index contributed by atoms with van der Waals surface area (Å²) < 4.78 is 0. The van der Waals surface area contributed by atoms with Gasteiger partial charge in [0, 0.05) is 13.1 Å². The molecule has 0 unspecified atom stereocenters. The van der Waals surface area contributed by atoms with Gasteiger partial charge in [-0.15, -0.1) is 0 Å². The lowest BCUT2D eigenvalue weighted by Gasteiger charge is -2.34. The summed E-state index contributed by atoms with van der Waals surface area (Å²) in [5.41, 5.74) is 0.333. The molecule has 13 heavy (non-hydrogen) atoms. The van der Waals surface area contributed by atoms with E-state index < -0.39 is 6.10 Å². The lowest BCUT2D eigenvalue weighted by atomic mass is 10.1. The van der Waals surface area contributed by atoms with E-state index in [0.717, 1.165) is 19.5 Å². The first-order chi connectivity index (χ1) is 6.04. The molecular weight excluding hydrogens is 168 g/mol. The van der Waals surface area contributed by atoms with Crippen molar-refractivity contribution in [2.45, 2.75) is 26.4 Å². The van der Waals surface area contributed by atoms with Gasteiger partial charge in [-0.25, -0.2) is 0 Å². The highest BCUT2D eigenvalue weighted by atomic mass is 16.3. The van der Waals surface area contributed by atoms with Gasteiger partial charge in [0.05, 0.1) is 17.4 Å². The van der Waals surface area contributed by atoms with Crippen molar-refractivity contribution in [3.63, 3.8) is 0 Å². The van der Waals surface area contributed by atoms with E-state index in [0.29, 0.717) is 5.57 Å². The van der Waals surface area contributed by atoms with Gasteiger partial charge < -0.3 is 15.1 Å². The van der Waals surface area contributed by atoms with Gasteiger partial charge in [-0.05, 0) is 20.3 Å². The monoisotopic (exact) mass is 184 g/mol. The molecule has 0 aromatic rings. The fraction of sp³-hybridized carbons (Fsp3) is 0.667. The second-order valence-electron chi connectivity index (χ2n) is 3.36. The number of rotatable bonds is 2. The van der Waals surface area contributed by atoms with Gasteiger partial charge in [0.2, 0.25) is 0 Å². The van der Waals surface area contributed by atoms with Gasteiger partial charge in [0.25, 0.3) is 0 Å². The summed E-state index contributed by atoms with van der Waals surface area (Å²) in [5.74, 6) is 0.285. The van der Waals surface area contributed by atoms with Crippen molar-refractivity contribution in [1.82, 2.24) is 4.90 Å². The molecule has 1 aliphatic rings. The number of amidine groups is 1. The van der Waals surface area contributed by atoms with Crippen LogP contribution in [-0.2, 0) is 0 Å². The maximum Gasteiger partial charge on any atom is 0.129 e. The molecule has 1 aliphatic heterocycles. The molecule has 1 fully saturated rings. The van der Waals surface area contributed by atoms with Crippen LogP contribution in [0.4, 0.5) is 0 Å². The van der Waals surface area contributed by atoms with E-state index in [4.69, 9.17) is 5.41 Å². The predicted octanol–water partition coefficient (Wildman–Crippen LogP) is 0.882. The van der Waals surface area contributed by atoms with Crippen LogP contribution in [-0.4, -0.2) is 40.1 Å². The van der Waals surface area contributed by atoms with Crippen molar-refractivity contribution >= 4 is 5.84 Å². The van der Waals surface area contributed by atoms with E-state index in [2.05, 4.69) is 0 Å². The summed E-state index contributed by atoms with van der Waals surface area (Å²) in [5, 5.41) is 26.3. The molecule has 1 atom stereocenters. The Morgan fingerprint density at radius 1 is 1.46 bits per heavy atom. The quantitative estimate of drug-likeness (QED) is 0.339. The molecule has 1 heterocycles. The first-order valence-electron chi connectivity index (χ1n) is 4.45. The van der Waals surface area contributed by atoms with E-state index in [9.17, 15) is 10.2 Å². The van der Waals surface area contributed by atoms with Crippen LogP contribution in [0.5, 0.6) is 0 Å². The molecule has 4 heteroatoms. The number of likely N-dealkylation sites (tertiary alicyclic amines) is 1. The van der Waals surface area contributed by atoms with Crippen LogP contribution in [0.2, 0.25) is 0 Å². The van der Waals surface area contributed by atoms with Gasteiger partial charge in [-0.3, -0.25) is 5.41 Å². The van der Waals surface area contributed by atoms with Crippen LogP contribution in [0, 0.1) is 5.41 Å². The number of hydrogen-bond acceptors (Lipinski definition) is 3. The summed E-state index contributed by atoms with van der Waals surface area (Å²) in [6, 6.07) is 0. The molecule has 0 aromatic heterocycles. The summed E-state index contributed by atoms with van der Waals surface area (Å²) in [4.78, 5) is 1.84. The average Bonchev–Trinajstić information content (AvgIpc) is 1.79. The largest absolute Gasteiger partial charge is 0.512 e. The highest BCUT2D eigenvalue weighted by Gasteiger charge is 2.24. The van der Waals surface area contributed by atoms with Gasteiger partial charge in [-0.1, -0.05) is 0 Å². The minimum absolute atomic E-state index is 0.0342. The molecule has 0 aliphatic carbocycles. The van der Waals surface area contributed by atoms with Gasteiger partial charge in [-0.2, -0.15) is 0 Å². The SMILES string of the molecule is C/C(O)=C(\C(=N)N1CCC1)[C@@H](C)O. The fourth-order valence-corrected chi connectivity index (χ4v) is 1.38. The van der Waals surface area contributed by atoms with Gasteiger partial charge in [0.15, 0.2) is 0 Å². The van der Waals surface area contributed by atoms with E-state index in [1.807, 2.05) is 4.90 Å². The maximum absolute atomic E-state index is 9.34. The Bertz CT molecular complexity index is 238. The summed E-state index contributed by atoms with van der Waals surface area (Å²) in [7, 11) is 0. The van der Waals surface area contributed by atoms with Crippen molar-refractivity contribution in [2.24, 2.45) is 0 Å². The lowest BCUT2D eigenvalue weighted by Crippen LogP contribution is -2.44. The van der Waals surface area contributed by atoms with E-state index in [1.54, 1.807) is 6.92 Å². The minimum Gasteiger partial charge on any atom is -0.512 e. The Morgan fingerprint density at radius 2 is 2.00 bits per heavy atom. The van der Waals surface area contributed by atoms with Crippen molar-refractivity contribution < 1.29 is 10.2 Å². The molecule has 0 aromatic carbocycles. The molecule has 1 saturated heterocycles. The highest BCUT2D eigenvalue weighted by Crippen LogP contribution is 2.16. The average molecular weight is 184 g/mol. The molecular formula is C9H16N2O2. The van der Waals surface area contributed by atoms with Crippen molar-refractivity contribution in [3.05, 3.63) is 11.3 Å². The van der Waals surface area contributed by atoms with Crippen LogP contribution in [0.3, 0.4) is 0 Å². The van der Waals surface area contributed by atoms with Gasteiger partial charge in [0.1, 0.15) is 5.84 Å². The normalized spacial score (nSPS) is 20.4. The zero-order valence-corrected chi connectivity index (χ0v) is 8.04. The fourth-order valence-electron chi connectivity index (χ4n) is 1.38. The molecule has 0 amide bonds. The zero-order valence-electron chi connectivity index (χ0n) is 8.04. The second kappa shape index (κ2) is 3.79. The third-order valence-electron chi connectivity index (χ3n) is 2.23. The first-order valence-corrected chi connectivity index (χ1v) is 4.45. The molecule has 0 spiro atoms. The van der Waals surface area contributed by atoms with Crippen LogP contribution in [0.25, 0.3) is 0 Å². The number of hydrogen-bond donors (Lipinski definition) is 3. The Labute approximate surface area is 78.0 Å². The Hall–Kier alpha value is -1.03. The molecule has 74 valence electrons. The summed E-state index contributed by atoms with van der Waals surface area (Å²) in [6.07, 6.45) is 0.304. The molecule has 1 rings (SSSR count). The van der Waals surface area contributed by atoms with Crippen LogP contribution >= 0.6 is 0 Å². The third kappa shape index (κ3) is 2.01. The Morgan fingerprint density at radius 3 is 2.23 bits per heavy atom. The molecule has 4 nitrogen and oxygen atoms in total. The summed E-state index contributed by atoms with van der Waals surface area (Å²) >= 11 is 0. The number of allylic oxidation sites excluding steroid dienone is 1.